The summed E-state index contributed by atoms with van der Waals surface area (Å²) in [6.45, 7) is 2.29. The Balaban J connectivity index is 2.15. The second kappa shape index (κ2) is 5.97. The lowest BCUT2D eigenvalue weighted by Crippen LogP contribution is -1.98. The van der Waals surface area contributed by atoms with Crippen molar-refractivity contribution in [3.8, 4) is 11.8 Å². The van der Waals surface area contributed by atoms with Crippen LogP contribution in [-0.2, 0) is 6.61 Å². The molecular weight excluding hydrogens is 281 g/mol. The molecule has 0 fully saturated rings. The zero-order valence-corrected chi connectivity index (χ0v) is 11.8. The molecule has 19 heavy (non-hydrogen) atoms. The van der Waals surface area contributed by atoms with E-state index >= 15 is 0 Å². The number of benzene rings is 2. The van der Waals surface area contributed by atoms with Gasteiger partial charge in [0.15, 0.2) is 0 Å². The molecule has 0 aromatic heterocycles. The molecule has 0 atom stereocenters. The fourth-order valence-electron chi connectivity index (χ4n) is 1.62. The summed E-state index contributed by atoms with van der Waals surface area (Å²) in [5, 5.41) is 9.93. The number of hydrogen-bond acceptors (Lipinski definition) is 2. The summed E-state index contributed by atoms with van der Waals surface area (Å²) < 4.78 is 5.71. The first-order chi connectivity index (χ1) is 9.10. The Bertz CT molecular complexity index is 647. The summed E-state index contributed by atoms with van der Waals surface area (Å²) in [5.74, 6) is 0.730. The van der Waals surface area contributed by atoms with E-state index in [0.717, 1.165) is 16.9 Å². The van der Waals surface area contributed by atoms with Crippen LogP contribution in [0.2, 0.25) is 10.0 Å². The number of hydrogen-bond donors (Lipinski definition) is 0. The Morgan fingerprint density at radius 3 is 2.63 bits per heavy atom. The minimum absolute atomic E-state index is 0.339. The van der Waals surface area contributed by atoms with E-state index in [1.807, 2.05) is 25.1 Å². The highest BCUT2D eigenvalue weighted by atomic mass is 35.5. The van der Waals surface area contributed by atoms with Crippen molar-refractivity contribution in [2.45, 2.75) is 13.5 Å². The highest BCUT2D eigenvalue weighted by molar-refractivity contribution is 6.31. The van der Waals surface area contributed by atoms with E-state index < -0.39 is 0 Å². The molecular formula is C15H11Cl2NO. The smallest absolute Gasteiger partial charge is 0.124 e. The van der Waals surface area contributed by atoms with E-state index in [0.29, 0.717) is 22.2 Å². The van der Waals surface area contributed by atoms with Crippen LogP contribution in [0.25, 0.3) is 0 Å². The second-order valence-corrected chi connectivity index (χ2v) is 4.96. The van der Waals surface area contributed by atoms with Gasteiger partial charge < -0.3 is 4.74 Å². The highest BCUT2D eigenvalue weighted by Gasteiger charge is 2.05. The maximum atomic E-state index is 8.77. The quantitative estimate of drug-likeness (QED) is 0.817. The fourth-order valence-corrected chi connectivity index (χ4v) is 2.02. The van der Waals surface area contributed by atoms with E-state index in [4.69, 9.17) is 33.2 Å². The Kier molecular flexibility index (Phi) is 4.31. The molecule has 0 aliphatic carbocycles. The molecule has 4 heteroatoms. The molecule has 0 spiro atoms. The van der Waals surface area contributed by atoms with E-state index in [2.05, 4.69) is 0 Å². The van der Waals surface area contributed by atoms with Gasteiger partial charge in [-0.2, -0.15) is 5.26 Å². The van der Waals surface area contributed by atoms with Crippen molar-refractivity contribution in [1.82, 2.24) is 0 Å². The van der Waals surface area contributed by atoms with Crippen LogP contribution in [-0.4, -0.2) is 0 Å². The van der Waals surface area contributed by atoms with E-state index in [1.54, 1.807) is 24.3 Å². The van der Waals surface area contributed by atoms with Gasteiger partial charge in [0.1, 0.15) is 12.4 Å². The first-order valence-corrected chi connectivity index (χ1v) is 6.43. The van der Waals surface area contributed by atoms with Gasteiger partial charge >= 0.3 is 0 Å². The van der Waals surface area contributed by atoms with Crippen LogP contribution in [0, 0.1) is 18.3 Å². The molecule has 0 aliphatic heterocycles. The largest absolute Gasteiger partial charge is 0.489 e. The maximum Gasteiger partial charge on any atom is 0.124 e. The van der Waals surface area contributed by atoms with Gasteiger partial charge in [0, 0.05) is 15.6 Å². The van der Waals surface area contributed by atoms with Gasteiger partial charge in [-0.1, -0.05) is 35.3 Å². The molecule has 2 nitrogen and oxygen atoms in total. The summed E-state index contributed by atoms with van der Waals surface area (Å²) in [6.07, 6.45) is 0. The molecule has 0 N–H and O–H groups in total. The van der Waals surface area contributed by atoms with Gasteiger partial charge in [-0.25, -0.2) is 0 Å². The lowest BCUT2D eigenvalue weighted by Gasteiger charge is -2.10. The van der Waals surface area contributed by atoms with Crippen LogP contribution in [0.1, 0.15) is 16.7 Å². The third-order valence-corrected chi connectivity index (χ3v) is 3.30. The van der Waals surface area contributed by atoms with E-state index in [1.165, 1.54) is 0 Å². The summed E-state index contributed by atoms with van der Waals surface area (Å²) >= 11 is 12.0. The van der Waals surface area contributed by atoms with Gasteiger partial charge in [-0.3, -0.25) is 0 Å². The third-order valence-electron chi connectivity index (χ3n) is 2.72. The van der Waals surface area contributed by atoms with Gasteiger partial charge in [0.05, 0.1) is 11.6 Å². The Morgan fingerprint density at radius 1 is 1.16 bits per heavy atom. The molecule has 2 aromatic carbocycles. The van der Waals surface area contributed by atoms with Crippen molar-refractivity contribution in [3.05, 3.63) is 63.1 Å². The third kappa shape index (κ3) is 3.41. The molecule has 2 aromatic rings. The minimum atomic E-state index is 0.339. The van der Waals surface area contributed by atoms with Crippen LogP contribution < -0.4 is 4.74 Å². The second-order valence-electron chi connectivity index (χ2n) is 4.12. The van der Waals surface area contributed by atoms with Crippen molar-refractivity contribution in [3.63, 3.8) is 0 Å². The van der Waals surface area contributed by atoms with Crippen molar-refractivity contribution in [1.29, 1.82) is 5.26 Å². The Labute approximate surface area is 122 Å². The molecule has 2 rings (SSSR count). The Morgan fingerprint density at radius 2 is 1.95 bits per heavy atom. The van der Waals surface area contributed by atoms with Gasteiger partial charge in [0.2, 0.25) is 0 Å². The van der Waals surface area contributed by atoms with E-state index in [9.17, 15) is 0 Å². The molecule has 0 heterocycles. The standard InChI is InChI=1S/C15H11Cl2NO/c1-10-2-5-13(16)7-15(10)19-9-12-4-3-11(8-18)6-14(12)17/h2-7H,9H2,1H3. The highest BCUT2D eigenvalue weighted by Crippen LogP contribution is 2.25. The lowest BCUT2D eigenvalue weighted by atomic mass is 10.1. The topological polar surface area (TPSA) is 33.0 Å². The van der Waals surface area contributed by atoms with Crippen molar-refractivity contribution in [2.24, 2.45) is 0 Å². The molecule has 96 valence electrons. The van der Waals surface area contributed by atoms with Crippen LogP contribution in [0.3, 0.4) is 0 Å². The maximum absolute atomic E-state index is 8.77. The fraction of sp³-hybridized carbons (Fsp3) is 0.133. The molecule has 0 bridgehead atoms. The van der Waals surface area contributed by atoms with Crippen LogP contribution in [0.4, 0.5) is 0 Å². The molecule has 0 aliphatic rings. The zero-order chi connectivity index (χ0) is 13.8. The molecule has 0 amide bonds. The summed E-state index contributed by atoms with van der Waals surface area (Å²) in [7, 11) is 0. The molecule has 0 saturated carbocycles. The molecule has 0 saturated heterocycles. The summed E-state index contributed by atoms with van der Waals surface area (Å²) in [6, 6.07) is 12.7. The molecule has 0 radical (unpaired) electrons. The summed E-state index contributed by atoms with van der Waals surface area (Å²) in [4.78, 5) is 0. The number of halogens is 2. The normalized spacial score (nSPS) is 10.0. The molecule has 0 unspecified atom stereocenters. The van der Waals surface area contributed by atoms with Gasteiger partial charge in [-0.05, 0) is 36.8 Å². The number of nitrogens with zero attached hydrogens (tertiary/aromatic N) is 1. The average molecular weight is 292 g/mol. The zero-order valence-electron chi connectivity index (χ0n) is 10.3. The first kappa shape index (κ1) is 13.7. The van der Waals surface area contributed by atoms with Crippen LogP contribution in [0.15, 0.2) is 36.4 Å². The predicted molar refractivity (Wildman–Crippen MR) is 76.7 cm³/mol. The van der Waals surface area contributed by atoms with Crippen molar-refractivity contribution < 1.29 is 4.74 Å². The average Bonchev–Trinajstić information content (AvgIpc) is 2.40. The summed E-state index contributed by atoms with van der Waals surface area (Å²) in [5.41, 5.74) is 2.38. The van der Waals surface area contributed by atoms with Crippen LogP contribution in [0.5, 0.6) is 5.75 Å². The van der Waals surface area contributed by atoms with Crippen molar-refractivity contribution >= 4 is 23.2 Å². The lowest BCUT2D eigenvalue weighted by molar-refractivity contribution is 0.304. The number of aryl methyl sites for hydroxylation is 1. The van der Waals surface area contributed by atoms with E-state index in [-0.39, 0.29) is 0 Å². The monoisotopic (exact) mass is 291 g/mol. The van der Waals surface area contributed by atoms with Crippen molar-refractivity contribution in [2.75, 3.05) is 0 Å². The number of nitriles is 1. The number of ether oxygens (including phenoxy) is 1. The Hall–Kier alpha value is -1.69. The van der Waals surface area contributed by atoms with Crippen LogP contribution >= 0.6 is 23.2 Å². The predicted octanol–water partition coefficient (Wildman–Crippen LogP) is 4.75. The minimum Gasteiger partial charge on any atom is -0.489 e. The first-order valence-electron chi connectivity index (χ1n) is 5.67. The SMILES string of the molecule is Cc1ccc(Cl)cc1OCc1ccc(C#N)cc1Cl. The number of rotatable bonds is 3. The van der Waals surface area contributed by atoms with Gasteiger partial charge in [0.25, 0.3) is 0 Å². The van der Waals surface area contributed by atoms with Gasteiger partial charge in [-0.15, -0.1) is 0 Å².